The van der Waals surface area contributed by atoms with Crippen LogP contribution in [0.2, 0.25) is 10.0 Å². The number of rotatable bonds is 6. The van der Waals surface area contributed by atoms with Gasteiger partial charge in [0.05, 0.1) is 6.21 Å². The lowest BCUT2D eigenvalue weighted by molar-refractivity contribution is -0.136. The Bertz CT molecular complexity index is 1180. The number of nitrogens with zero attached hydrogens (tertiary/aromatic N) is 1. The maximum Gasteiger partial charge on any atom is 0.329 e. The fourth-order valence-electron chi connectivity index (χ4n) is 2.79. The highest BCUT2D eigenvalue weighted by Crippen LogP contribution is 2.24. The van der Waals surface area contributed by atoms with Crippen LogP contribution in [-0.4, -0.2) is 18.0 Å². The summed E-state index contributed by atoms with van der Waals surface area (Å²) in [6.07, 6.45) is 1.40. The Hall–Kier alpha value is -3.35. The summed E-state index contributed by atoms with van der Waals surface area (Å²) in [5.74, 6) is -1.15. The van der Waals surface area contributed by atoms with Gasteiger partial charge in [0, 0.05) is 26.9 Å². The van der Waals surface area contributed by atoms with Crippen LogP contribution in [0.1, 0.15) is 22.3 Å². The SMILES string of the molecule is Cc1cccc(NC(=O)C(=O)N/N=C\c2ccccc2OCc2ccc(Cl)cc2Cl)c1C. The number of ether oxygens (including phenoxy) is 1. The van der Waals surface area contributed by atoms with Crippen LogP contribution in [0.15, 0.2) is 65.8 Å². The molecule has 0 aliphatic rings. The number of benzene rings is 3. The molecule has 0 unspecified atom stereocenters. The van der Waals surface area contributed by atoms with Crippen molar-refractivity contribution in [1.82, 2.24) is 5.43 Å². The zero-order chi connectivity index (χ0) is 23.1. The van der Waals surface area contributed by atoms with Gasteiger partial charge >= 0.3 is 11.8 Å². The average molecular weight is 470 g/mol. The largest absolute Gasteiger partial charge is 0.488 e. The molecule has 2 N–H and O–H groups in total. The van der Waals surface area contributed by atoms with Crippen molar-refractivity contribution >= 4 is 46.9 Å². The molecular formula is C24H21Cl2N3O3. The number of anilines is 1. The molecule has 0 aliphatic heterocycles. The van der Waals surface area contributed by atoms with Gasteiger partial charge in [-0.3, -0.25) is 9.59 Å². The standard InChI is InChI=1S/C24H21Cl2N3O3/c1-15-6-5-8-21(16(15)2)28-23(30)24(31)29-27-13-17-7-3-4-9-22(17)32-14-18-10-11-19(25)12-20(18)26/h3-13H,14H2,1-2H3,(H,28,30)(H,29,31)/b27-13-. The quantitative estimate of drug-likeness (QED) is 0.292. The second-order valence-corrected chi connectivity index (χ2v) is 7.81. The predicted molar refractivity (Wildman–Crippen MR) is 128 cm³/mol. The van der Waals surface area contributed by atoms with E-state index in [2.05, 4.69) is 15.8 Å². The number of hydrogen-bond acceptors (Lipinski definition) is 4. The van der Waals surface area contributed by atoms with E-state index in [-0.39, 0.29) is 6.61 Å². The molecule has 0 saturated carbocycles. The van der Waals surface area contributed by atoms with E-state index in [9.17, 15) is 9.59 Å². The minimum Gasteiger partial charge on any atom is -0.488 e. The summed E-state index contributed by atoms with van der Waals surface area (Å²) in [5, 5.41) is 7.52. The molecule has 2 amide bonds. The van der Waals surface area contributed by atoms with E-state index in [4.69, 9.17) is 27.9 Å². The van der Waals surface area contributed by atoms with Crippen molar-refractivity contribution in [3.05, 3.63) is 93.0 Å². The van der Waals surface area contributed by atoms with Gasteiger partial charge in [-0.1, -0.05) is 53.5 Å². The molecular weight excluding hydrogens is 449 g/mol. The normalized spacial score (nSPS) is 10.8. The van der Waals surface area contributed by atoms with Crippen molar-refractivity contribution in [2.24, 2.45) is 5.10 Å². The minimum atomic E-state index is -0.881. The van der Waals surface area contributed by atoms with Crippen LogP contribution in [0.25, 0.3) is 0 Å². The topological polar surface area (TPSA) is 79.8 Å². The summed E-state index contributed by atoms with van der Waals surface area (Å²) in [6, 6.07) is 17.8. The van der Waals surface area contributed by atoms with Crippen LogP contribution in [0.5, 0.6) is 5.75 Å². The van der Waals surface area contributed by atoms with Gasteiger partial charge in [-0.25, -0.2) is 5.43 Å². The summed E-state index contributed by atoms with van der Waals surface area (Å²) in [4.78, 5) is 24.3. The van der Waals surface area contributed by atoms with Crippen LogP contribution in [0, 0.1) is 13.8 Å². The Labute approximate surface area is 196 Å². The van der Waals surface area contributed by atoms with Crippen LogP contribution in [0.4, 0.5) is 5.69 Å². The molecule has 0 fully saturated rings. The fraction of sp³-hybridized carbons (Fsp3) is 0.125. The van der Waals surface area contributed by atoms with Crippen molar-refractivity contribution in [1.29, 1.82) is 0 Å². The number of aryl methyl sites for hydroxylation is 1. The highest BCUT2D eigenvalue weighted by atomic mass is 35.5. The summed E-state index contributed by atoms with van der Waals surface area (Å²) in [7, 11) is 0. The molecule has 0 heterocycles. The third-order valence-electron chi connectivity index (χ3n) is 4.75. The van der Waals surface area contributed by atoms with E-state index in [1.165, 1.54) is 6.21 Å². The Balaban J connectivity index is 1.61. The van der Waals surface area contributed by atoms with Crippen LogP contribution < -0.4 is 15.5 Å². The van der Waals surface area contributed by atoms with Crippen molar-refractivity contribution < 1.29 is 14.3 Å². The molecule has 0 bridgehead atoms. The first-order chi connectivity index (χ1) is 15.3. The van der Waals surface area contributed by atoms with E-state index in [1.54, 1.807) is 42.5 Å². The second-order valence-electron chi connectivity index (χ2n) is 6.96. The number of para-hydroxylation sites is 1. The van der Waals surface area contributed by atoms with Crippen molar-refractivity contribution in [2.75, 3.05) is 5.32 Å². The first-order valence-electron chi connectivity index (χ1n) is 9.71. The lowest BCUT2D eigenvalue weighted by Crippen LogP contribution is -2.32. The van der Waals surface area contributed by atoms with E-state index in [0.29, 0.717) is 27.0 Å². The zero-order valence-electron chi connectivity index (χ0n) is 17.5. The van der Waals surface area contributed by atoms with Gasteiger partial charge in [-0.2, -0.15) is 5.10 Å². The highest BCUT2D eigenvalue weighted by molar-refractivity contribution is 6.39. The first-order valence-corrected chi connectivity index (χ1v) is 10.5. The Kier molecular flexibility index (Phi) is 7.87. The number of nitrogens with one attached hydrogen (secondary N) is 2. The molecule has 0 radical (unpaired) electrons. The molecule has 6 nitrogen and oxygen atoms in total. The maximum absolute atomic E-state index is 12.2. The molecule has 0 spiro atoms. The molecule has 0 saturated heterocycles. The summed E-state index contributed by atoms with van der Waals surface area (Å²) >= 11 is 12.1. The van der Waals surface area contributed by atoms with Crippen LogP contribution in [-0.2, 0) is 16.2 Å². The van der Waals surface area contributed by atoms with E-state index >= 15 is 0 Å². The summed E-state index contributed by atoms with van der Waals surface area (Å²) in [5.41, 5.74) is 6.11. The van der Waals surface area contributed by atoms with Gasteiger partial charge < -0.3 is 10.1 Å². The van der Waals surface area contributed by atoms with Gasteiger partial charge in [0.1, 0.15) is 12.4 Å². The molecule has 0 aromatic heterocycles. The summed E-state index contributed by atoms with van der Waals surface area (Å²) in [6.45, 7) is 4.02. The number of hydrazone groups is 1. The molecule has 0 atom stereocenters. The van der Waals surface area contributed by atoms with Gasteiger partial charge in [0.25, 0.3) is 0 Å². The smallest absolute Gasteiger partial charge is 0.329 e. The molecule has 164 valence electrons. The van der Waals surface area contributed by atoms with Gasteiger partial charge in [0.2, 0.25) is 0 Å². The molecule has 32 heavy (non-hydrogen) atoms. The third-order valence-corrected chi connectivity index (χ3v) is 5.33. The molecule has 3 aromatic rings. The molecule has 0 aliphatic carbocycles. The Morgan fingerprint density at radius 3 is 2.56 bits per heavy atom. The number of carbonyl (C=O) groups excluding carboxylic acids is 2. The van der Waals surface area contributed by atoms with Crippen LogP contribution in [0.3, 0.4) is 0 Å². The third kappa shape index (κ3) is 6.09. The van der Waals surface area contributed by atoms with E-state index in [1.807, 2.05) is 32.0 Å². The first kappa shape index (κ1) is 23.3. The summed E-state index contributed by atoms with van der Waals surface area (Å²) < 4.78 is 5.84. The fourth-order valence-corrected chi connectivity index (χ4v) is 3.25. The maximum atomic E-state index is 12.2. The number of amides is 2. The van der Waals surface area contributed by atoms with Gasteiger partial charge in [-0.05, 0) is 55.3 Å². The van der Waals surface area contributed by atoms with Crippen LogP contribution >= 0.6 is 23.2 Å². The van der Waals surface area contributed by atoms with E-state index in [0.717, 1.165) is 16.7 Å². The van der Waals surface area contributed by atoms with Crippen molar-refractivity contribution in [2.45, 2.75) is 20.5 Å². The lowest BCUT2D eigenvalue weighted by Gasteiger charge is -2.10. The van der Waals surface area contributed by atoms with Crippen molar-refractivity contribution in [3.63, 3.8) is 0 Å². The van der Waals surface area contributed by atoms with E-state index < -0.39 is 11.8 Å². The van der Waals surface area contributed by atoms with Crippen molar-refractivity contribution in [3.8, 4) is 5.75 Å². The lowest BCUT2D eigenvalue weighted by atomic mass is 10.1. The van der Waals surface area contributed by atoms with Gasteiger partial charge in [-0.15, -0.1) is 0 Å². The molecule has 3 aromatic carbocycles. The minimum absolute atomic E-state index is 0.228. The number of carbonyl (C=O) groups is 2. The highest BCUT2D eigenvalue weighted by Gasteiger charge is 2.14. The number of hydrogen-bond donors (Lipinski definition) is 2. The molecule has 8 heteroatoms. The second kappa shape index (κ2) is 10.8. The Morgan fingerprint density at radius 2 is 1.78 bits per heavy atom. The zero-order valence-corrected chi connectivity index (χ0v) is 19.0. The monoisotopic (exact) mass is 469 g/mol. The number of halogens is 2. The average Bonchev–Trinajstić information content (AvgIpc) is 2.77. The predicted octanol–water partition coefficient (Wildman–Crippen LogP) is 5.28. The van der Waals surface area contributed by atoms with Gasteiger partial charge in [0.15, 0.2) is 0 Å². The Morgan fingerprint density at radius 1 is 1.00 bits per heavy atom. The molecule has 3 rings (SSSR count).